The number of nitrogens with zero attached hydrogens (tertiary/aromatic N) is 1. The standard InChI is InChI=1S/C8H14BrNO/c1-7(9)8-2-4-10(6-11)5-3-8/h6-8H,2-5H2,1H3. The smallest absolute Gasteiger partial charge is 0.209 e. The van der Waals surface area contributed by atoms with Crippen molar-refractivity contribution in [3.8, 4) is 0 Å². The maximum Gasteiger partial charge on any atom is 0.209 e. The Bertz CT molecular complexity index is 130. The lowest BCUT2D eigenvalue weighted by Gasteiger charge is -2.30. The van der Waals surface area contributed by atoms with Gasteiger partial charge in [-0.05, 0) is 18.8 Å². The van der Waals surface area contributed by atoms with Crippen LogP contribution in [0.15, 0.2) is 0 Å². The molecule has 0 aromatic carbocycles. The van der Waals surface area contributed by atoms with Crippen LogP contribution in [0, 0.1) is 5.92 Å². The number of rotatable bonds is 2. The monoisotopic (exact) mass is 219 g/mol. The molecule has 2 nitrogen and oxygen atoms in total. The predicted molar refractivity (Wildman–Crippen MR) is 48.8 cm³/mol. The van der Waals surface area contributed by atoms with Gasteiger partial charge in [0.05, 0.1) is 0 Å². The molecule has 0 bridgehead atoms. The first-order chi connectivity index (χ1) is 5.24. The molecule has 0 aromatic heterocycles. The van der Waals surface area contributed by atoms with E-state index < -0.39 is 0 Å². The maximum atomic E-state index is 10.4. The van der Waals surface area contributed by atoms with Gasteiger partial charge < -0.3 is 4.90 Å². The van der Waals surface area contributed by atoms with E-state index in [0.29, 0.717) is 4.83 Å². The quantitative estimate of drug-likeness (QED) is 0.511. The van der Waals surface area contributed by atoms with Crippen molar-refractivity contribution in [2.45, 2.75) is 24.6 Å². The third-order valence-corrected chi connectivity index (χ3v) is 3.12. The van der Waals surface area contributed by atoms with E-state index in [9.17, 15) is 4.79 Å². The highest BCUT2D eigenvalue weighted by molar-refractivity contribution is 9.09. The van der Waals surface area contributed by atoms with Gasteiger partial charge in [0.25, 0.3) is 0 Å². The highest BCUT2D eigenvalue weighted by Crippen LogP contribution is 2.23. The van der Waals surface area contributed by atoms with Gasteiger partial charge in [-0.2, -0.15) is 0 Å². The van der Waals surface area contributed by atoms with Crippen molar-refractivity contribution in [1.29, 1.82) is 0 Å². The van der Waals surface area contributed by atoms with E-state index in [1.54, 1.807) is 0 Å². The van der Waals surface area contributed by atoms with Crippen LogP contribution in [-0.2, 0) is 4.79 Å². The number of alkyl halides is 1. The van der Waals surface area contributed by atoms with Crippen LogP contribution in [-0.4, -0.2) is 29.2 Å². The zero-order valence-electron chi connectivity index (χ0n) is 6.79. The van der Waals surface area contributed by atoms with Crippen LogP contribution in [0.25, 0.3) is 0 Å². The van der Waals surface area contributed by atoms with Gasteiger partial charge in [0.15, 0.2) is 0 Å². The lowest BCUT2D eigenvalue weighted by Crippen LogP contribution is -2.34. The van der Waals surface area contributed by atoms with Gasteiger partial charge in [0, 0.05) is 17.9 Å². The fourth-order valence-corrected chi connectivity index (χ4v) is 2.01. The van der Waals surface area contributed by atoms with E-state index in [1.165, 1.54) is 0 Å². The van der Waals surface area contributed by atoms with E-state index in [1.807, 2.05) is 4.90 Å². The molecular formula is C8H14BrNO. The number of carbonyl (C=O) groups is 1. The Kier molecular flexibility index (Phi) is 3.37. The Balaban J connectivity index is 2.29. The minimum Gasteiger partial charge on any atom is -0.345 e. The summed E-state index contributed by atoms with van der Waals surface area (Å²) in [5.74, 6) is 0.756. The molecule has 11 heavy (non-hydrogen) atoms. The molecule has 1 saturated heterocycles. The molecule has 0 radical (unpaired) electrons. The molecule has 0 aromatic rings. The van der Waals surface area contributed by atoms with Gasteiger partial charge in [0.2, 0.25) is 6.41 Å². The van der Waals surface area contributed by atoms with Crippen LogP contribution in [0.4, 0.5) is 0 Å². The zero-order valence-corrected chi connectivity index (χ0v) is 8.38. The van der Waals surface area contributed by atoms with Gasteiger partial charge in [-0.25, -0.2) is 0 Å². The second kappa shape index (κ2) is 4.10. The third kappa shape index (κ3) is 2.47. The summed E-state index contributed by atoms with van der Waals surface area (Å²) in [5.41, 5.74) is 0. The summed E-state index contributed by atoms with van der Waals surface area (Å²) in [6, 6.07) is 0. The van der Waals surface area contributed by atoms with Crippen LogP contribution >= 0.6 is 15.9 Å². The van der Waals surface area contributed by atoms with Gasteiger partial charge in [-0.3, -0.25) is 4.79 Å². The lowest BCUT2D eigenvalue weighted by atomic mass is 9.95. The number of halogens is 1. The minimum atomic E-state index is 0.594. The largest absolute Gasteiger partial charge is 0.345 e. The molecule has 0 saturated carbocycles. The van der Waals surface area contributed by atoms with Crippen molar-refractivity contribution >= 4 is 22.3 Å². The van der Waals surface area contributed by atoms with Crippen LogP contribution in [0.5, 0.6) is 0 Å². The molecule has 0 aliphatic carbocycles. The Morgan fingerprint density at radius 3 is 2.45 bits per heavy atom. The Labute approximate surface area is 76.1 Å². The summed E-state index contributed by atoms with van der Waals surface area (Å²) in [6.45, 7) is 4.05. The second-order valence-corrected chi connectivity index (χ2v) is 4.60. The summed E-state index contributed by atoms with van der Waals surface area (Å²) >= 11 is 3.57. The molecule has 3 heteroatoms. The number of hydrogen-bond donors (Lipinski definition) is 0. The number of amides is 1. The molecule has 1 aliphatic heterocycles. The van der Waals surface area contributed by atoms with Gasteiger partial charge in [-0.1, -0.05) is 22.9 Å². The SMILES string of the molecule is CC(Br)C1CCN(C=O)CC1. The summed E-state index contributed by atoms with van der Waals surface area (Å²) in [4.78, 5) is 12.8. The van der Waals surface area contributed by atoms with Crippen LogP contribution in [0.3, 0.4) is 0 Å². The lowest BCUT2D eigenvalue weighted by molar-refractivity contribution is -0.119. The summed E-state index contributed by atoms with van der Waals surface area (Å²) in [6.07, 6.45) is 3.24. The molecule has 1 amide bonds. The molecule has 1 atom stereocenters. The van der Waals surface area contributed by atoms with Gasteiger partial charge in [0.1, 0.15) is 0 Å². The highest BCUT2D eigenvalue weighted by Gasteiger charge is 2.20. The maximum absolute atomic E-state index is 10.4. The summed E-state index contributed by atoms with van der Waals surface area (Å²) < 4.78 is 0. The molecule has 0 N–H and O–H groups in total. The first-order valence-corrected chi connectivity index (χ1v) is 4.99. The molecule has 1 heterocycles. The van der Waals surface area contributed by atoms with Crippen molar-refractivity contribution in [3.63, 3.8) is 0 Å². The topological polar surface area (TPSA) is 20.3 Å². The Morgan fingerprint density at radius 2 is 2.09 bits per heavy atom. The molecule has 1 aliphatic rings. The van der Waals surface area contributed by atoms with Crippen molar-refractivity contribution < 1.29 is 4.79 Å². The van der Waals surface area contributed by atoms with Crippen LogP contribution in [0.1, 0.15) is 19.8 Å². The normalized spacial score (nSPS) is 23.3. The molecule has 1 fully saturated rings. The van der Waals surface area contributed by atoms with Crippen molar-refractivity contribution in [1.82, 2.24) is 4.90 Å². The number of hydrogen-bond acceptors (Lipinski definition) is 1. The zero-order chi connectivity index (χ0) is 8.27. The van der Waals surface area contributed by atoms with Crippen molar-refractivity contribution in [3.05, 3.63) is 0 Å². The first-order valence-electron chi connectivity index (χ1n) is 4.07. The molecular weight excluding hydrogens is 206 g/mol. The number of piperidine rings is 1. The average Bonchev–Trinajstić information content (AvgIpc) is 2.05. The summed E-state index contributed by atoms with van der Waals surface area (Å²) in [7, 11) is 0. The molecule has 1 unspecified atom stereocenters. The first kappa shape index (κ1) is 9.04. The van der Waals surface area contributed by atoms with E-state index >= 15 is 0 Å². The van der Waals surface area contributed by atoms with Crippen molar-refractivity contribution in [2.75, 3.05) is 13.1 Å². The Hall–Kier alpha value is -0.0500. The molecule has 1 rings (SSSR count). The van der Waals surface area contributed by atoms with Crippen LogP contribution in [0.2, 0.25) is 0 Å². The predicted octanol–water partition coefficient (Wildman–Crippen LogP) is 1.64. The highest BCUT2D eigenvalue weighted by atomic mass is 79.9. The molecule has 0 spiro atoms. The van der Waals surface area contributed by atoms with E-state index in [-0.39, 0.29) is 0 Å². The van der Waals surface area contributed by atoms with E-state index in [0.717, 1.165) is 38.3 Å². The fourth-order valence-electron chi connectivity index (χ4n) is 1.48. The van der Waals surface area contributed by atoms with Gasteiger partial charge in [-0.15, -0.1) is 0 Å². The van der Waals surface area contributed by atoms with Gasteiger partial charge >= 0.3 is 0 Å². The number of likely N-dealkylation sites (tertiary alicyclic amines) is 1. The third-order valence-electron chi connectivity index (χ3n) is 2.37. The summed E-state index contributed by atoms with van der Waals surface area (Å²) in [5, 5.41) is 0. The minimum absolute atomic E-state index is 0.594. The second-order valence-electron chi connectivity index (χ2n) is 3.16. The van der Waals surface area contributed by atoms with Crippen molar-refractivity contribution in [2.24, 2.45) is 5.92 Å². The Morgan fingerprint density at radius 1 is 1.55 bits per heavy atom. The van der Waals surface area contributed by atoms with E-state index in [4.69, 9.17) is 0 Å². The average molecular weight is 220 g/mol. The fraction of sp³-hybridized carbons (Fsp3) is 0.875. The van der Waals surface area contributed by atoms with Crippen LogP contribution < -0.4 is 0 Å². The van der Waals surface area contributed by atoms with E-state index in [2.05, 4.69) is 22.9 Å². The number of carbonyl (C=O) groups excluding carboxylic acids is 1. The molecule has 64 valence electrons.